The Labute approximate surface area is 231 Å². The first-order valence-corrected chi connectivity index (χ1v) is 12.8. The molecule has 0 radical (unpaired) electrons. The quantitative estimate of drug-likeness (QED) is 0.315. The highest BCUT2D eigenvalue weighted by Crippen LogP contribution is 2.32. The minimum absolute atomic E-state index is 0.119. The van der Waals surface area contributed by atoms with Crippen molar-refractivity contribution in [2.45, 2.75) is 6.10 Å². The summed E-state index contributed by atoms with van der Waals surface area (Å²) in [5.41, 5.74) is 2.20. The number of hydrogen-bond donors (Lipinski definition) is 2. The number of aliphatic carboxylic acids is 2. The van der Waals surface area contributed by atoms with Crippen LogP contribution in [-0.2, 0) is 9.59 Å². The lowest BCUT2D eigenvalue weighted by Gasteiger charge is -2.36. The van der Waals surface area contributed by atoms with Gasteiger partial charge in [-0.1, -0.05) is 23.7 Å². The number of carbonyl (C=O) groups is 2. The largest absolute Gasteiger partial charge is 0.493 e. The number of methoxy groups -OCH3 is 1. The monoisotopic (exact) mass is 569 g/mol. The molecule has 1 saturated heterocycles. The first-order valence-electron chi connectivity index (χ1n) is 11.6. The maximum Gasteiger partial charge on any atom is 0.328 e. The molecule has 0 amide bonds. The first kappa shape index (κ1) is 27.8. The number of pyridine rings is 1. The molecule has 2 aromatic heterocycles. The zero-order valence-corrected chi connectivity index (χ0v) is 22.5. The Morgan fingerprint density at radius 3 is 2.31 bits per heavy atom. The molecule has 202 valence electrons. The molecule has 5 rings (SSSR count). The fourth-order valence-corrected chi connectivity index (χ4v) is 4.90. The zero-order valence-electron chi connectivity index (χ0n) is 20.9. The highest BCUT2D eigenvalue weighted by molar-refractivity contribution is 7.21. The van der Waals surface area contributed by atoms with Crippen LogP contribution in [0.25, 0.3) is 26.5 Å². The number of likely N-dealkylation sites (tertiary alicyclic amines) is 1. The van der Waals surface area contributed by atoms with Crippen molar-refractivity contribution in [3.63, 3.8) is 0 Å². The zero-order chi connectivity index (χ0) is 28.1. The molecule has 4 aromatic rings. The molecule has 2 aromatic carbocycles. The number of halogens is 1. The summed E-state index contributed by atoms with van der Waals surface area (Å²) in [5, 5.41) is 17.1. The maximum atomic E-state index is 13.2. The minimum atomic E-state index is -1.26. The Morgan fingerprint density at radius 1 is 1.05 bits per heavy atom. The van der Waals surface area contributed by atoms with Crippen LogP contribution in [0, 0.1) is 0 Å². The van der Waals surface area contributed by atoms with Crippen LogP contribution in [0.15, 0.2) is 71.7 Å². The predicted molar refractivity (Wildman–Crippen MR) is 149 cm³/mol. The molecule has 1 fully saturated rings. The van der Waals surface area contributed by atoms with Crippen molar-refractivity contribution in [1.82, 2.24) is 14.5 Å². The molecule has 3 heterocycles. The standard InChI is InChI=1S/C23H20ClN3O3S.C4H4O4/c1-26-12-17(13-26)30-19-8-7-16(11-20(19)29-2)27-10-9-18-21(23(27)28)31-22(25-18)14-3-5-15(24)6-4-14;5-3(6)1-2-4(7)8/h3-11,17H,12-13H2,1-2H3;1-2H,(H,5,6)(H,7,8)/b;2-1+. The average molecular weight is 570 g/mol. The summed E-state index contributed by atoms with van der Waals surface area (Å²) in [5.74, 6) is -1.23. The number of ether oxygens (including phenoxy) is 2. The van der Waals surface area contributed by atoms with E-state index in [9.17, 15) is 14.4 Å². The van der Waals surface area contributed by atoms with Crippen LogP contribution >= 0.6 is 22.9 Å². The van der Waals surface area contributed by atoms with Gasteiger partial charge in [-0.15, -0.1) is 11.3 Å². The number of aromatic nitrogens is 2. The summed E-state index contributed by atoms with van der Waals surface area (Å²) in [6.45, 7) is 1.78. The minimum Gasteiger partial charge on any atom is -0.493 e. The fraction of sp³-hybridized carbons (Fsp3) is 0.185. The molecule has 0 unspecified atom stereocenters. The molecular weight excluding hydrogens is 546 g/mol. The van der Waals surface area contributed by atoms with E-state index in [4.69, 9.17) is 31.3 Å². The van der Waals surface area contributed by atoms with Gasteiger partial charge in [0, 0.05) is 48.1 Å². The molecule has 1 aliphatic heterocycles. The Bertz CT molecular complexity index is 1580. The number of likely N-dealkylation sites (N-methyl/N-ethyl adjacent to an activating group) is 1. The normalized spacial score (nSPS) is 13.5. The smallest absolute Gasteiger partial charge is 0.328 e. The van der Waals surface area contributed by atoms with E-state index in [1.807, 2.05) is 48.5 Å². The second-order valence-corrected chi connectivity index (χ2v) is 9.97. The summed E-state index contributed by atoms with van der Waals surface area (Å²) in [6, 6.07) is 14.9. The van der Waals surface area contributed by atoms with Gasteiger partial charge in [0.05, 0.1) is 18.3 Å². The number of thiazole rings is 1. The number of carboxylic acids is 2. The molecule has 0 aliphatic carbocycles. The first-order chi connectivity index (χ1) is 18.6. The third-order valence-electron chi connectivity index (χ3n) is 5.66. The van der Waals surface area contributed by atoms with Gasteiger partial charge in [-0.2, -0.15) is 0 Å². The molecule has 12 heteroatoms. The molecule has 10 nitrogen and oxygen atoms in total. The lowest BCUT2D eigenvalue weighted by Crippen LogP contribution is -2.51. The SMILES string of the molecule is COc1cc(-n2ccc3nc(-c4ccc(Cl)cc4)sc3c2=O)ccc1OC1CN(C)C1.O=C(O)/C=C/C(=O)O. The predicted octanol–water partition coefficient (Wildman–Crippen LogP) is 4.18. The van der Waals surface area contributed by atoms with Gasteiger partial charge in [-0.05, 0) is 37.4 Å². The van der Waals surface area contributed by atoms with Crippen molar-refractivity contribution in [2.75, 3.05) is 27.2 Å². The van der Waals surface area contributed by atoms with E-state index in [0.29, 0.717) is 44.6 Å². The number of benzene rings is 2. The van der Waals surface area contributed by atoms with Crippen LogP contribution < -0.4 is 15.0 Å². The Kier molecular flexibility index (Phi) is 8.65. The van der Waals surface area contributed by atoms with Crippen LogP contribution in [-0.4, -0.2) is 70.0 Å². The van der Waals surface area contributed by atoms with Gasteiger partial charge < -0.3 is 19.7 Å². The van der Waals surface area contributed by atoms with Gasteiger partial charge in [0.15, 0.2) is 11.5 Å². The van der Waals surface area contributed by atoms with E-state index in [0.717, 1.165) is 23.7 Å². The van der Waals surface area contributed by atoms with E-state index < -0.39 is 11.9 Å². The third-order valence-corrected chi connectivity index (χ3v) is 7.02. The molecule has 2 N–H and O–H groups in total. The molecule has 0 spiro atoms. The van der Waals surface area contributed by atoms with Crippen molar-refractivity contribution in [3.05, 3.63) is 82.3 Å². The average Bonchev–Trinajstić information content (AvgIpc) is 3.33. The van der Waals surface area contributed by atoms with Crippen molar-refractivity contribution < 1.29 is 29.3 Å². The molecule has 39 heavy (non-hydrogen) atoms. The Balaban J connectivity index is 0.000000386. The van der Waals surface area contributed by atoms with Crippen LogP contribution in [0.3, 0.4) is 0 Å². The number of carboxylic acid groups (broad SMARTS) is 2. The van der Waals surface area contributed by atoms with E-state index in [2.05, 4.69) is 16.9 Å². The summed E-state index contributed by atoms with van der Waals surface area (Å²) in [6.07, 6.45) is 3.02. The van der Waals surface area contributed by atoms with Crippen LogP contribution in [0.1, 0.15) is 0 Å². The molecule has 1 aliphatic rings. The lowest BCUT2D eigenvalue weighted by atomic mass is 10.2. The van der Waals surface area contributed by atoms with Gasteiger partial charge in [-0.3, -0.25) is 14.3 Å². The van der Waals surface area contributed by atoms with Gasteiger partial charge >= 0.3 is 11.9 Å². The van der Waals surface area contributed by atoms with E-state index in [1.165, 1.54) is 11.3 Å². The Hall–Kier alpha value is -4.19. The maximum absolute atomic E-state index is 13.2. The van der Waals surface area contributed by atoms with E-state index in [-0.39, 0.29) is 11.7 Å². The van der Waals surface area contributed by atoms with Crippen LogP contribution in [0.2, 0.25) is 5.02 Å². The summed E-state index contributed by atoms with van der Waals surface area (Å²) in [7, 11) is 3.66. The van der Waals surface area contributed by atoms with Crippen molar-refractivity contribution in [2.24, 2.45) is 0 Å². The van der Waals surface area contributed by atoms with Gasteiger partial charge in [-0.25, -0.2) is 14.6 Å². The highest BCUT2D eigenvalue weighted by atomic mass is 35.5. The van der Waals surface area contributed by atoms with Crippen LogP contribution in [0.4, 0.5) is 0 Å². The Morgan fingerprint density at radius 2 is 1.72 bits per heavy atom. The van der Waals surface area contributed by atoms with Gasteiger partial charge in [0.2, 0.25) is 0 Å². The topological polar surface area (TPSA) is 131 Å². The van der Waals surface area contributed by atoms with E-state index in [1.54, 1.807) is 17.9 Å². The molecule has 0 bridgehead atoms. The second-order valence-electron chi connectivity index (χ2n) is 8.54. The van der Waals surface area contributed by atoms with Crippen molar-refractivity contribution in [1.29, 1.82) is 0 Å². The molecule has 0 atom stereocenters. The number of fused-ring (bicyclic) bond motifs is 1. The fourth-order valence-electron chi connectivity index (χ4n) is 3.78. The van der Waals surface area contributed by atoms with Gasteiger partial charge in [0.1, 0.15) is 15.8 Å². The van der Waals surface area contributed by atoms with Gasteiger partial charge in [0.25, 0.3) is 5.56 Å². The summed E-state index contributed by atoms with van der Waals surface area (Å²) >= 11 is 7.36. The number of rotatable bonds is 7. The van der Waals surface area contributed by atoms with Crippen molar-refractivity contribution >= 4 is 45.1 Å². The summed E-state index contributed by atoms with van der Waals surface area (Å²) in [4.78, 5) is 39.1. The number of nitrogens with zero attached hydrogens (tertiary/aromatic N) is 3. The lowest BCUT2D eigenvalue weighted by molar-refractivity contribution is -0.134. The number of hydrogen-bond acceptors (Lipinski definition) is 8. The second kappa shape index (κ2) is 12.1. The third kappa shape index (κ3) is 6.82. The van der Waals surface area contributed by atoms with Crippen LogP contribution in [0.5, 0.6) is 11.5 Å². The van der Waals surface area contributed by atoms with E-state index >= 15 is 0 Å². The molecule has 0 saturated carbocycles. The summed E-state index contributed by atoms with van der Waals surface area (Å²) < 4.78 is 13.8. The molecular formula is C27H24ClN3O7S. The van der Waals surface area contributed by atoms with Crippen molar-refractivity contribution in [3.8, 4) is 27.8 Å². The highest BCUT2D eigenvalue weighted by Gasteiger charge is 2.26.